The molecule has 0 amide bonds. The van der Waals surface area contributed by atoms with E-state index in [0.29, 0.717) is 35.6 Å². The lowest BCUT2D eigenvalue weighted by atomic mass is 9.91. The zero-order valence-corrected chi connectivity index (χ0v) is 18.7. The normalized spacial score (nSPS) is 18.5. The molecular formula is C22H22Cl2N2O5. The average molecular weight is 465 g/mol. The van der Waals surface area contributed by atoms with Crippen LogP contribution in [0.1, 0.15) is 41.0 Å². The minimum Gasteiger partial charge on any atom is -0.454 e. The zero-order chi connectivity index (χ0) is 22.7. The largest absolute Gasteiger partial charge is 0.454 e. The summed E-state index contributed by atoms with van der Waals surface area (Å²) in [6.45, 7) is 5.11. The van der Waals surface area contributed by atoms with E-state index in [4.69, 9.17) is 27.9 Å². The zero-order valence-electron chi connectivity index (χ0n) is 17.1. The number of carbonyl (C=O) groups is 2. The lowest BCUT2D eigenvalue weighted by Gasteiger charge is -2.36. The molecule has 164 valence electrons. The molecule has 1 heterocycles. The van der Waals surface area contributed by atoms with Gasteiger partial charge < -0.3 is 9.64 Å². The molecule has 2 aromatic carbocycles. The van der Waals surface area contributed by atoms with Gasteiger partial charge in [0.05, 0.1) is 15.5 Å². The van der Waals surface area contributed by atoms with Crippen molar-refractivity contribution in [1.82, 2.24) is 0 Å². The van der Waals surface area contributed by atoms with E-state index in [1.807, 2.05) is 4.90 Å². The van der Waals surface area contributed by atoms with Crippen molar-refractivity contribution in [1.29, 1.82) is 0 Å². The predicted octanol–water partition coefficient (Wildman–Crippen LogP) is 5.42. The number of halogens is 2. The summed E-state index contributed by atoms with van der Waals surface area (Å²) in [6.07, 6.45) is 1.07. The van der Waals surface area contributed by atoms with Gasteiger partial charge in [-0.05, 0) is 48.6 Å². The fourth-order valence-electron chi connectivity index (χ4n) is 3.93. The molecule has 1 fully saturated rings. The van der Waals surface area contributed by atoms with Gasteiger partial charge in [-0.3, -0.25) is 14.9 Å². The quantitative estimate of drug-likeness (QED) is 0.245. The van der Waals surface area contributed by atoms with Crippen LogP contribution in [0.4, 0.5) is 11.4 Å². The SMILES string of the molecule is CC1CC(C)CN(c2ccc(C(=O)OCC(=O)c3ccc(Cl)cc3Cl)cc2[N+](=O)[O-])C1. The minimum atomic E-state index is -0.825. The third-order valence-electron chi connectivity index (χ3n) is 5.18. The summed E-state index contributed by atoms with van der Waals surface area (Å²) in [5, 5.41) is 12.2. The van der Waals surface area contributed by atoms with Crippen molar-refractivity contribution in [3.63, 3.8) is 0 Å². The maximum Gasteiger partial charge on any atom is 0.338 e. The Morgan fingerprint density at radius 3 is 2.42 bits per heavy atom. The molecule has 2 aromatic rings. The third-order valence-corrected chi connectivity index (χ3v) is 5.73. The van der Waals surface area contributed by atoms with E-state index < -0.39 is 23.3 Å². The molecule has 1 aliphatic heterocycles. The van der Waals surface area contributed by atoms with E-state index in [9.17, 15) is 19.7 Å². The summed E-state index contributed by atoms with van der Waals surface area (Å²) in [6, 6.07) is 8.61. The first-order valence-electron chi connectivity index (χ1n) is 9.84. The van der Waals surface area contributed by atoms with E-state index in [0.717, 1.165) is 6.42 Å². The molecule has 0 N–H and O–H groups in total. The molecule has 1 aliphatic rings. The first-order valence-corrected chi connectivity index (χ1v) is 10.6. The molecule has 1 saturated heterocycles. The molecule has 9 heteroatoms. The number of Topliss-reactive ketones (excluding diaryl/α,β-unsaturated/α-hetero) is 1. The standard InChI is InChI=1S/C22H22Cl2N2O5/c1-13-7-14(2)11-25(10-13)19-6-3-15(8-20(19)26(29)30)22(28)31-12-21(27)17-5-4-16(23)9-18(17)24/h3-6,8-9,13-14H,7,10-12H2,1-2H3. The van der Waals surface area contributed by atoms with Crippen molar-refractivity contribution in [3.05, 3.63) is 67.7 Å². The number of nitrogens with zero attached hydrogens (tertiary/aromatic N) is 2. The summed E-state index contributed by atoms with van der Waals surface area (Å²) in [5.74, 6) is -0.497. The third kappa shape index (κ3) is 5.54. The van der Waals surface area contributed by atoms with Crippen molar-refractivity contribution in [2.24, 2.45) is 11.8 Å². The van der Waals surface area contributed by atoms with Crippen LogP contribution in [0.15, 0.2) is 36.4 Å². The van der Waals surface area contributed by atoms with Crippen molar-refractivity contribution in [2.45, 2.75) is 20.3 Å². The van der Waals surface area contributed by atoms with Crippen LogP contribution in [0.25, 0.3) is 0 Å². The molecule has 31 heavy (non-hydrogen) atoms. The van der Waals surface area contributed by atoms with Gasteiger partial charge >= 0.3 is 5.97 Å². The number of piperidine rings is 1. The highest BCUT2D eigenvalue weighted by Gasteiger charge is 2.28. The Bertz CT molecular complexity index is 1020. The number of rotatable bonds is 6. The van der Waals surface area contributed by atoms with Gasteiger partial charge in [0.15, 0.2) is 6.61 Å². The molecule has 0 saturated carbocycles. The summed E-state index contributed by atoms with van der Waals surface area (Å²) in [7, 11) is 0. The second kappa shape index (κ2) is 9.66. The van der Waals surface area contributed by atoms with E-state index in [1.54, 1.807) is 6.07 Å². The van der Waals surface area contributed by atoms with Crippen LogP contribution in [0.2, 0.25) is 10.0 Å². The maximum absolute atomic E-state index is 12.4. The Kier molecular flexibility index (Phi) is 7.18. The van der Waals surface area contributed by atoms with Gasteiger partial charge in [-0.1, -0.05) is 37.0 Å². The first-order chi connectivity index (χ1) is 14.7. The molecule has 2 unspecified atom stereocenters. The van der Waals surface area contributed by atoms with E-state index in [-0.39, 0.29) is 21.8 Å². The smallest absolute Gasteiger partial charge is 0.338 e. The van der Waals surface area contributed by atoms with Gasteiger partial charge in [0.1, 0.15) is 5.69 Å². The summed E-state index contributed by atoms with van der Waals surface area (Å²) >= 11 is 11.8. The second-order valence-corrected chi connectivity index (χ2v) is 8.78. The number of hydrogen-bond acceptors (Lipinski definition) is 6. The Morgan fingerprint density at radius 2 is 1.81 bits per heavy atom. The lowest BCUT2D eigenvalue weighted by Crippen LogP contribution is -2.39. The Hall–Kier alpha value is -2.64. The molecule has 0 bridgehead atoms. The minimum absolute atomic E-state index is 0.00330. The van der Waals surface area contributed by atoms with Crippen LogP contribution in [0.5, 0.6) is 0 Å². The number of carbonyl (C=O) groups excluding carboxylic acids is 2. The van der Waals surface area contributed by atoms with Gasteiger partial charge in [0.2, 0.25) is 5.78 Å². The van der Waals surface area contributed by atoms with Crippen LogP contribution in [0, 0.1) is 22.0 Å². The number of esters is 1. The monoisotopic (exact) mass is 464 g/mol. The summed E-state index contributed by atoms with van der Waals surface area (Å²) < 4.78 is 5.07. The Labute approximate surface area is 190 Å². The van der Waals surface area contributed by atoms with Crippen molar-refractivity contribution in [2.75, 3.05) is 24.6 Å². The fraction of sp³-hybridized carbons (Fsp3) is 0.364. The molecule has 3 rings (SSSR count). The highest BCUT2D eigenvalue weighted by Crippen LogP contribution is 2.34. The Morgan fingerprint density at radius 1 is 1.13 bits per heavy atom. The topological polar surface area (TPSA) is 89.8 Å². The number of anilines is 1. The molecule has 0 aliphatic carbocycles. The van der Waals surface area contributed by atoms with Crippen molar-refractivity contribution >= 4 is 46.3 Å². The van der Waals surface area contributed by atoms with Gasteiger partial charge in [-0.15, -0.1) is 0 Å². The number of ether oxygens (including phenoxy) is 1. The number of nitro benzene ring substituents is 1. The molecule has 0 aromatic heterocycles. The number of benzene rings is 2. The van der Waals surface area contributed by atoms with Crippen molar-refractivity contribution < 1.29 is 19.2 Å². The van der Waals surface area contributed by atoms with Crippen molar-refractivity contribution in [3.8, 4) is 0 Å². The van der Waals surface area contributed by atoms with Crippen LogP contribution in [-0.4, -0.2) is 36.4 Å². The predicted molar refractivity (Wildman–Crippen MR) is 119 cm³/mol. The molecular weight excluding hydrogens is 443 g/mol. The van der Waals surface area contributed by atoms with E-state index in [2.05, 4.69) is 13.8 Å². The van der Waals surface area contributed by atoms with Crippen LogP contribution in [0.3, 0.4) is 0 Å². The molecule has 7 nitrogen and oxygen atoms in total. The van der Waals surface area contributed by atoms with Gasteiger partial charge in [0, 0.05) is 29.7 Å². The molecule has 0 radical (unpaired) electrons. The van der Waals surface area contributed by atoms with Gasteiger partial charge in [-0.2, -0.15) is 0 Å². The number of ketones is 1. The maximum atomic E-state index is 12.4. The first kappa shape index (κ1) is 23.0. The van der Waals surface area contributed by atoms with Crippen LogP contribution < -0.4 is 4.90 Å². The Balaban J connectivity index is 1.75. The van der Waals surface area contributed by atoms with Crippen LogP contribution in [-0.2, 0) is 4.74 Å². The van der Waals surface area contributed by atoms with E-state index in [1.165, 1.54) is 30.3 Å². The number of hydrogen-bond donors (Lipinski definition) is 0. The fourth-order valence-corrected chi connectivity index (χ4v) is 4.45. The molecule has 0 spiro atoms. The van der Waals surface area contributed by atoms with Gasteiger partial charge in [0.25, 0.3) is 5.69 Å². The van der Waals surface area contributed by atoms with Gasteiger partial charge in [-0.25, -0.2) is 4.79 Å². The number of nitro groups is 1. The average Bonchev–Trinajstić information content (AvgIpc) is 2.70. The van der Waals surface area contributed by atoms with Crippen LogP contribution >= 0.6 is 23.2 Å². The molecule has 2 atom stereocenters. The lowest BCUT2D eigenvalue weighted by molar-refractivity contribution is -0.384. The summed E-state index contributed by atoms with van der Waals surface area (Å²) in [5.41, 5.74) is 0.490. The highest BCUT2D eigenvalue weighted by atomic mass is 35.5. The van der Waals surface area contributed by atoms with E-state index >= 15 is 0 Å². The highest BCUT2D eigenvalue weighted by molar-refractivity contribution is 6.36. The second-order valence-electron chi connectivity index (χ2n) is 7.94. The summed E-state index contributed by atoms with van der Waals surface area (Å²) in [4.78, 5) is 37.9.